The van der Waals surface area contributed by atoms with Crippen molar-refractivity contribution in [1.82, 2.24) is 19.6 Å². The molecule has 0 radical (unpaired) electrons. The van der Waals surface area contributed by atoms with Gasteiger partial charge < -0.3 is 14.5 Å². The third-order valence-corrected chi connectivity index (χ3v) is 11.0. The van der Waals surface area contributed by atoms with Gasteiger partial charge in [0.1, 0.15) is 22.9 Å². The maximum Gasteiger partial charge on any atom is 0.303 e. The topological polar surface area (TPSA) is 101 Å². The molecule has 0 amide bonds. The highest BCUT2D eigenvalue weighted by Crippen LogP contribution is 2.38. The van der Waals surface area contributed by atoms with E-state index in [0.29, 0.717) is 23.8 Å². The number of nitrogens with zero attached hydrogens (tertiary/aromatic N) is 4. The van der Waals surface area contributed by atoms with E-state index in [0.717, 1.165) is 119 Å². The lowest BCUT2D eigenvalue weighted by Crippen LogP contribution is -2.38. The number of hydrogen-bond acceptors (Lipinski definition) is 6. The van der Waals surface area contributed by atoms with Crippen LogP contribution in [0.4, 0.5) is 4.39 Å². The summed E-state index contributed by atoms with van der Waals surface area (Å²) in [4.78, 5) is 32.5. The summed E-state index contributed by atoms with van der Waals surface area (Å²) in [5.74, 6) is 2.02. The summed E-state index contributed by atoms with van der Waals surface area (Å²) < 4.78 is 21.3. The average Bonchev–Trinajstić information content (AvgIpc) is 3.49. The Balaban J connectivity index is 1.19. The summed E-state index contributed by atoms with van der Waals surface area (Å²) in [7, 11) is 0. The molecule has 1 saturated heterocycles. The average molecular weight is 665 g/mol. The van der Waals surface area contributed by atoms with Gasteiger partial charge in [-0.2, -0.15) is 0 Å². The number of halogens is 1. The molecule has 2 unspecified atom stereocenters. The Morgan fingerprint density at radius 3 is 2.44 bits per heavy atom. The van der Waals surface area contributed by atoms with E-state index in [4.69, 9.17) is 14.6 Å². The van der Waals surface area contributed by atoms with Crippen LogP contribution in [-0.2, 0) is 17.8 Å². The molecule has 264 valence electrons. The predicted molar refractivity (Wildman–Crippen MR) is 188 cm³/mol. The minimum atomic E-state index is -0.701. The molecule has 0 saturated carbocycles. The summed E-state index contributed by atoms with van der Waals surface area (Å²) in [6.07, 6.45) is 18.9. The number of aromatic nitrogens is 3. The first-order chi connectivity index (χ1) is 23.4. The van der Waals surface area contributed by atoms with Crippen molar-refractivity contribution in [1.29, 1.82) is 0 Å². The van der Waals surface area contributed by atoms with Crippen molar-refractivity contribution in [2.24, 2.45) is 5.92 Å². The molecule has 0 bridgehead atoms. The summed E-state index contributed by atoms with van der Waals surface area (Å²) in [5, 5.41) is 13.9. The lowest BCUT2D eigenvalue weighted by atomic mass is 9.79. The standard InChI is InChI=1S/C39H57FN4O4/c1-3-4-5-7-10-14-29(15-11-8-6-9-12-17-36(45)46)33-16-13-23-44-38(33)41-28(2)32(39(44)47)22-26-43-24-20-30(21-25-43)37-34-19-18-31(40)27-35(34)42-48-37/h18-19,27,29-30,33H,3-17,20-26H2,1-2H3,(H,45,46). The molecular weight excluding hydrogens is 607 g/mol. The van der Waals surface area contributed by atoms with E-state index >= 15 is 0 Å². The van der Waals surface area contributed by atoms with E-state index in [2.05, 4.69) is 17.0 Å². The number of fused-ring (bicyclic) bond motifs is 2. The summed E-state index contributed by atoms with van der Waals surface area (Å²) in [5.41, 5.74) is 2.50. The second kappa shape index (κ2) is 18.1. The van der Waals surface area contributed by atoms with E-state index in [-0.39, 0.29) is 23.7 Å². The van der Waals surface area contributed by atoms with Crippen LogP contribution in [0.5, 0.6) is 0 Å². The first-order valence-corrected chi connectivity index (χ1v) is 18.9. The smallest absolute Gasteiger partial charge is 0.303 e. The molecule has 3 aromatic rings. The van der Waals surface area contributed by atoms with E-state index in [1.165, 1.54) is 50.7 Å². The molecule has 4 heterocycles. The van der Waals surface area contributed by atoms with E-state index in [1.54, 1.807) is 6.07 Å². The van der Waals surface area contributed by atoms with Crippen LogP contribution >= 0.6 is 0 Å². The van der Waals surface area contributed by atoms with Crippen LogP contribution in [0.2, 0.25) is 0 Å². The highest BCUT2D eigenvalue weighted by molar-refractivity contribution is 5.80. The Hall–Kier alpha value is -3.07. The second-order valence-corrected chi connectivity index (χ2v) is 14.5. The molecule has 9 heteroatoms. The van der Waals surface area contributed by atoms with Gasteiger partial charge in [0.2, 0.25) is 0 Å². The van der Waals surface area contributed by atoms with Crippen LogP contribution in [0, 0.1) is 18.7 Å². The molecule has 48 heavy (non-hydrogen) atoms. The van der Waals surface area contributed by atoms with Crippen molar-refractivity contribution < 1.29 is 18.8 Å². The SMILES string of the molecule is CCCCCCCC(CCCCCCCC(=O)O)C1CCCn2c1nc(C)c(CCN1CCC(c3onc4cc(F)ccc34)CC1)c2=O. The third kappa shape index (κ3) is 9.54. The van der Waals surface area contributed by atoms with Crippen LogP contribution in [0.25, 0.3) is 10.9 Å². The van der Waals surface area contributed by atoms with Crippen molar-refractivity contribution in [3.05, 3.63) is 57.2 Å². The van der Waals surface area contributed by atoms with Crippen molar-refractivity contribution in [3.63, 3.8) is 0 Å². The molecular formula is C39H57FN4O4. The number of likely N-dealkylation sites (tertiary alicyclic amines) is 1. The number of piperidine rings is 1. The Kier molecular flexibility index (Phi) is 13.6. The zero-order valence-electron chi connectivity index (χ0n) is 29.4. The molecule has 2 aliphatic heterocycles. The number of unbranched alkanes of at least 4 members (excludes halogenated alkanes) is 8. The fourth-order valence-electron chi connectivity index (χ4n) is 8.24. The highest BCUT2D eigenvalue weighted by atomic mass is 19.1. The number of carboxylic acids is 1. The minimum Gasteiger partial charge on any atom is -0.481 e. The number of aryl methyl sites for hydroxylation is 1. The molecule has 2 aromatic heterocycles. The molecule has 0 spiro atoms. The Bertz CT molecular complexity index is 1530. The lowest BCUT2D eigenvalue weighted by molar-refractivity contribution is -0.137. The fourth-order valence-corrected chi connectivity index (χ4v) is 8.24. The largest absolute Gasteiger partial charge is 0.481 e. The Morgan fingerprint density at radius 2 is 1.71 bits per heavy atom. The number of hydrogen-bond donors (Lipinski definition) is 1. The maximum atomic E-state index is 14.0. The molecule has 1 N–H and O–H groups in total. The number of benzene rings is 1. The molecule has 0 aliphatic carbocycles. The van der Waals surface area contributed by atoms with Gasteiger partial charge in [-0.15, -0.1) is 0 Å². The lowest BCUT2D eigenvalue weighted by Gasteiger charge is -2.33. The van der Waals surface area contributed by atoms with Crippen molar-refractivity contribution in [2.75, 3.05) is 19.6 Å². The van der Waals surface area contributed by atoms with Gasteiger partial charge in [-0.25, -0.2) is 9.37 Å². The Morgan fingerprint density at radius 1 is 1.00 bits per heavy atom. The Labute approximate surface area is 285 Å². The number of rotatable bonds is 19. The van der Waals surface area contributed by atoms with Gasteiger partial charge in [0, 0.05) is 54.1 Å². The van der Waals surface area contributed by atoms with E-state index < -0.39 is 5.97 Å². The van der Waals surface area contributed by atoms with Crippen LogP contribution in [0.15, 0.2) is 27.5 Å². The van der Waals surface area contributed by atoms with Gasteiger partial charge in [-0.3, -0.25) is 14.2 Å². The summed E-state index contributed by atoms with van der Waals surface area (Å²) in [6, 6.07) is 4.67. The van der Waals surface area contributed by atoms with Crippen molar-refractivity contribution in [3.8, 4) is 0 Å². The van der Waals surface area contributed by atoms with Crippen LogP contribution < -0.4 is 5.56 Å². The number of carbonyl (C=O) groups is 1. The molecule has 1 aromatic carbocycles. The number of aliphatic carboxylic acids is 1. The zero-order chi connectivity index (χ0) is 33.9. The summed E-state index contributed by atoms with van der Waals surface area (Å²) in [6.45, 7) is 7.74. The van der Waals surface area contributed by atoms with Crippen molar-refractivity contribution >= 4 is 16.9 Å². The second-order valence-electron chi connectivity index (χ2n) is 14.5. The molecule has 2 aliphatic rings. The molecule has 8 nitrogen and oxygen atoms in total. The van der Waals surface area contributed by atoms with Gasteiger partial charge in [0.15, 0.2) is 0 Å². The van der Waals surface area contributed by atoms with Gasteiger partial charge in [0.25, 0.3) is 5.56 Å². The van der Waals surface area contributed by atoms with Gasteiger partial charge in [-0.05, 0) is 89.4 Å². The van der Waals surface area contributed by atoms with E-state index in [9.17, 15) is 14.0 Å². The van der Waals surface area contributed by atoms with E-state index in [1.807, 2.05) is 11.5 Å². The minimum absolute atomic E-state index is 0.164. The summed E-state index contributed by atoms with van der Waals surface area (Å²) >= 11 is 0. The number of carboxylic acid groups (broad SMARTS) is 1. The molecule has 2 atom stereocenters. The monoisotopic (exact) mass is 664 g/mol. The van der Waals surface area contributed by atoms with Gasteiger partial charge in [0.05, 0.1) is 0 Å². The van der Waals surface area contributed by atoms with Gasteiger partial charge in [-0.1, -0.05) is 69.9 Å². The van der Waals surface area contributed by atoms with Gasteiger partial charge >= 0.3 is 5.97 Å². The highest BCUT2D eigenvalue weighted by Gasteiger charge is 2.31. The van der Waals surface area contributed by atoms with Crippen LogP contribution in [0.1, 0.15) is 151 Å². The fraction of sp³-hybridized carbons (Fsp3) is 0.692. The molecule has 1 fully saturated rings. The maximum absolute atomic E-state index is 14.0. The third-order valence-electron chi connectivity index (χ3n) is 11.0. The van der Waals surface area contributed by atoms with Crippen LogP contribution in [0.3, 0.4) is 0 Å². The quantitative estimate of drug-likeness (QED) is 0.128. The van der Waals surface area contributed by atoms with Crippen molar-refractivity contribution in [2.45, 2.75) is 148 Å². The first kappa shape index (κ1) is 36.2. The predicted octanol–water partition coefficient (Wildman–Crippen LogP) is 8.92. The molecule has 5 rings (SSSR count). The first-order valence-electron chi connectivity index (χ1n) is 18.9. The normalized spacial score (nSPS) is 17.9. The zero-order valence-corrected chi connectivity index (χ0v) is 29.4. The van der Waals surface area contributed by atoms with Crippen LogP contribution in [-0.4, -0.2) is 50.3 Å².